The molecule has 4 rings (SSSR count). The number of amides is 2. The van der Waals surface area contributed by atoms with E-state index in [1.54, 1.807) is 22.1 Å². The zero-order valence-electron chi connectivity index (χ0n) is 23.3. The van der Waals surface area contributed by atoms with Gasteiger partial charge in [0.2, 0.25) is 11.8 Å². The van der Waals surface area contributed by atoms with Gasteiger partial charge in [0.25, 0.3) is 5.91 Å². The Labute approximate surface area is 232 Å². The number of aliphatic hydroxyl groups is 1. The molecule has 1 saturated heterocycles. The Kier molecular flexibility index (Phi) is 9.96. The molecule has 2 aromatic rings. The lowest BCUT2D eigenvalue weighted by atomic mass is 9.99. The fourth-order valence-electron chi connectivity index (χ4n) is 5.05. The number of hydrogen-bond acceptors (Lipinski definition) is 6. The lowest BCUT2D eigenvalue weighted by Gasteiger charge is -2.37. The molecule has 2 amide bonds. The number of pyridine rings is 1. The van der Waals surface area contributed by atoms with E-state index in [0.717, 1.165) is 25.2 Å². The molecule has 0 unspecified atom stereocenters. The number of piperidine rings is 1. The predicted molar refractivity (Wildman–Crippen MR) is 150 cm³/mol. The average Bonchev–Trinajstić information content (AvgIpc) is 2.97. The maximum absolute atomic E-state index is 13.6. The molecule has 3 atom stereocenters. The predicted octanol–water partition coefficient (Wildman–Crippen LogP) is 3.04. The fourth-order valence-corrected chi connectivity index (χ4v) is 5.05. The van der Waals surface area contributed by atoms with E-state index in [4.69, 9.17) is 4.74 Å². The molecule has 0 aliphatic carbocycles. The standard InChI is InChI=1S/C31H40N4O4/c1-23-20-35(24(2)22-36)31(38)27-18-26(13-12-25-10-6-4-7-11-25)19-32-30(27)39-28(23)21-33(3)29(37)14-17-34-15-8-5-9-16-34/h4,6-7,10-11,18-19,23-24,28,36H,5,8-9,14-17,20-22H2,1-3H3/t23-,24-,28+/m0/s1. The van der Waals surface area contributed by atoms with Gasteiger partial charge in [-0.05, 0) is 51.1 Å². The Morgan fingerprint density at radius 1 is 1.18 bits per heavy atom. The first-order valence-electron chi connectivity index (χ1n) is 14.0. The second-order valence-electron chi connectivity index (χ2n) is 10.7. The van der Waals surface area contributed by atoms with Gasteiger partial charge in [-0.1, -0.05) is 43.4 Å². The van der Waals surface area contributed by atoms with Crippen LogP contribution in [0.4, 0.5) is 0 Å². The molecule has 0 saturated carbocycles. The van der Waals surface area contributed by atoms with Gasteiger partial charge in [0.05, 0.1) is 19.2 Å². The molecule has 39 heavy (non-hydrogen) atoms. The number of likely N-dealkylation sites (tertiary alicyclic amines) is 1. The summed E-state index contributed by atoms with van der Waals surface area (Å²) in [5.74, 6) is 6.16. The van der Waals surface area contributed by atoms with Crippen LogP contribution >= 0.6 is 0 Å². The smallest absolute Gasteiger partial charge is 0.259 e. The van der Waals surface area contributed by atoms with Crippen molar-refractivity contribution in [3.63, 3.8) is 0 Å². The van der Waals surface area contributed by atoms with Crippen LogP contribution in [0.5, 0.6) is 5.88 Å². The van der Waals surface area contributed by atoms with Crippen molar-refractivity contribution >= 4 is 11.8 Å². The van der Waals surface area contributed by atoms with Gasteiger partial charge in [0.1, 0.15) is 11.7 Å². The summed E-state index contributed by atoms with van der Waals surface area (Å²) in [7, 11) is 1.81. The summed E-state index contributed by atoms with van der Waals surface area (Å²) in [6.45, 7) is 7.34. The molecule has 1 fully saturated rings. The Hall–Kier alpha value is -3.41. The minimum Gasteiger partial charge on any atom is -0.472 e. The van der Waals surface area contributed by atoms with E-state index >= 15 is 0 Å². The van der Waals surface area contributed by atoms with Crippen LogP contribution in [-0.4, -0.2) is 95.1 Å². The number of carbonyl (C=O) groups is 2. The lowest BCUT2D eigenvalue weighted by molar-refractivity contribution is -0.131. The third kappa shape index (κ3) is 7.59. The highest BCUT2D eigenvalue weighted by Gasteiger charge is 2.34. The molecule has 1 N–H and O–H groups in total. The number of aliphatic hydroxyl groups excluding tert-OH is 1. The summed E-state index contributed by atoms with van der Waals surface area (Å²) in [4.78, 5) is 36.9. The molecule has 0 bridgehead atoms. The van der Waals surface area contributed by atoms with Crippen LogP contribution in [-0.2, 0) is 4.79 Å². The molecule has 2 aliphatic rings. The number of carbonyl (C=O) groups excluding carboxylic acids is 2. The van der Waals surface area contributed by atoms with Crippen LogP contribution in [0.2, 0.25) is 0 Å². The Morgan fingerprint density at radius 2 is 1.90 bits per heavy atom. The molecule has 8 heteroatoms. The number of likely N-dealkylation sites (N-methyl/N-ethyl adjacent to an activating group) is 1. The molecular formula is C31H40N4O4. The van der Waals surface area contributed by atoms with Crippen molar-refractivity contribution in [2.24, 2.45) is 5.92 Å². The van der Waals surface area contributed by atoms with E-state index in [1.807, 2.05) is 51.2 Å². The van der Waals surface area contributed by atoms with Crippen molar-refractivity contribution in [1.29, 1.82) is 0 Å². The third-order valence-electron chi connectivity index (χ3n) is 7.62. The summed E-state index contributed by atoms with van der Waals surface area (Å²) < 4.78 is 6.34. The molecular weight excluding hydrogens is 492 g/mol. The number of ether oxygens (including phenoxy) is 1. The first kappa shape index (κ1) is 28.6. The third-order valence-corrected chi connectivity index (χ3v) is 7.62. The van der Waals surface area contributed by atoms with Crippen molar-refractivity contribution in [2.75, 3.05) is 46.4 Å². The van der Waals surface area contributed by atoms with Gasteiger partial charge in [-0.2, -0.15) is 0 Å². The second kappa shape index (κ2) is 13.6. The monoisotopic (exact) mass is 532 g/mol. The van der Waals surface area contributed by atoms with E-state index < -0.39 is 0 Å². The Balaban J connectivity index is 1.54. The summed E-state index contributed by atoms with van der Waals surface area (Å²) in [5, 5.41) is 9.90. The highest BCUT2D eigenvalue weighted by atomic mass is 16.5. The molecule has 208 valence electrons. The zero-order valence-corrected chi connectivity index (χ0v) is 23.3. The van der Waals surface area contributed by atoms with E-state index in [1.165, 1.54) is 19.3 Å². The van der Waals surface area contributed by atoms with Crippen LogP contribution in [0.15, 0.2) is 42.6 Å². The molecule has 3 heterocycles. The van der Waals surface area contributed by atoms with Gasteiger partial charge in [-0.25, -0.2) is 4.98 Å². The SMILES string of the molecule is C[C@H]1CN([C@@H](C)CO)C(=O)c2cc(C#Cc3ccccc3)cnc2O[C@@H]1CN(C)C(=O)CCN1CCCCC1. The Morgan fingerprint density at radius 3 is 2.62 bits per heavy atom. The van der Waals surface area contributed by atoms with Gasteiger partial charge in [-0.15, -0.1) is 0 Å². The van der Waals surface area contributed by atoms with E-state index in [-0.39, 0.29) is 42.4 Å². The van der Waals surface area contributed by atoms with Crippen LogP contribution in [0.25, 0.3) is 0 Å². The average molecular weight is 533 g/mol. The van der Waals surface area contributed by atoms with E-state index in [0.29, 0.717) is 30.6 Å². The fraction of sp³-hybridized carbons (Fsp3) is 0.516. The maximum Gasteiger partial charge on any atom is 0.259 e. The van der Waals surface area contributed by atoms with E-state index in [9.17, 15) is 14.7 Å². The number of benzene rings is 1. The molecule has 0 radical (unpaired) electrons. The van der Waals surface area contributed by atoms with Crippen LogP contribution in [0, 0.1) is 17.8 Å². The zero-order chi connectivity index (χ0) is 27.8. The molecule has 1 aromatic carbocycles. The van der Waals surface area contributed by atoms with E-state index in [2.05, 4.69) is 21.7 Å². The first-order valence-corrected chi connectivity index (χ1v) is 14.0. The van der Waals surface area contributed by atoms with Crippen molar-refractivity contribution in [3.8, 4) is 17.7 Å². The first-order chi connectivity index (χ1) is 18.9. The second-order valence-corrected chi connectivity index (χ2v) is 10.7. The minimum atomic E-state index is -0.380. The highest BCUT2D eigenvalue weighted by Crippen LogP contribution is 2.27. The normalized spacial score (nSPS) is 20.5. The van der Waals surface area contributed by atoms with Gasteiger partial charge >= 0.3 is 0 Å². The number of nitrogens with zero attached hydrogens (tertiary/aromatic N) is 4. The van der Waals surface area contributed by atoms with Crippen LogP contribution in [0.1, 0.15) is 61.0 Å². The van der Waals surface area contributed by atoms with Gasteiger partial charge in [0.15, 0.2) is 0 Å². The van der Waals surface area contributed by atoms with Gasteiger partial charge in [0, 0.05) is 49.8 Å². The number of rotatable bonds is 7. The number of hydrogen-bond donors (Lipinski definition) is 1. The van der Waals surface area contributed by atoms with Gasteiger partial charge in [-0.3, -0.25) is 9.59 Å². The largest absolute Gasteiger partial charge is 0.472 e. The summed E-state index contributed by atoms with van der Waals surface area (Å²) in [6, 6.07) is 10.9. The topological polar surface area (TPSA) is 86.2 Å². The number of aromatic nitrogens is 1. The molecule has 1 aromatic heterocycles. The summed E-state index contributed by atoms with van der Waals surface area (Å²) in [5.41, 5.74) is 1.77. The molecule has 0 spiro atoms. The molecule has 2 aliphatic heterocycles. The van der Waals surface area contributed by atoms with Crippen LogP contribution < -0.4 is 4.74 Å². The van der Waals surface area contributed by atoms with Crippen molar-refractivity contribution in [2.45, 2.75) is 51.7 Å². The van der Waals surface area contributed by atoms with Crippen molar-refractivity contribution < 1.29 is 19.4 Å². The minimum absolute atomic E-state index is 0.0785. The lowest BCUT2D eigenvalue weighted by Crippen LogP contribution is -2.50. The Bertz CT molecular complexity index is 1190. The summed E-state index contributed by atoms with van der Waals surface area (Å²) in [6.07, 6.45) is 5.38. The number of fused-ring (bicyclic) bond motifs is 1. The highest BCUT2D eigenvalue weighted by molar-refractivity contribution is 5.97. The summed E-state index contributed by atoms with van der Waals surface area (Å²) >= 11 is 0. The van der Waals surface area contributed by atoms with Crippen molar-refractivity contribution in [1.82, 2.24) is 19.7 Å². The van der Waals surface area contributed by atoms with Gasteiger partial charge < -0.3 is 24.5 Å². The molecule has 8 nitrogen and oxygen atoms in total. The maximum atomic E-state index is 13.6. The van der Waals surface area contributed by atoms with Crippen LogP contribution in [0.3, 0.4) is 0 Å². The van der Waals surface area contributed by atoms with Crippen molar-refractivity contribution in [3.05, 3.63) is 59.3 Å². The quantitative estimate of drug-likeness (QED) is 0.552.